The molecule has 7 saturated heterocycles. The average molecular weight is 1560 g/mol. The Bertz CT molecular complexity index is 3160. The smallest absolute Gasteiger partial charge is 0.252 e. The molecule has 4 bridgehead atoms. The maximum Gasteiger partial charge on any atom is 0.252 e. The molecule has 44 heteroatoms. The van der Waals surface area contributed by atoms with Gasteiger partial charge in [0.15, 0.2) is 25.2 Å². The standard InChI is InChI=1S/C39H59N5O23.C12H24N2O8.C9H3Cl3O3/c40-14-9-60-18(6-47)31(24(14)50)65-37-21(28(54)26(52)16(4-45)62-37)42-34(57)11-1-12-3-13(2-11)36(59)44-23-30(56)33(67-38-22(43-35(12)58)29(55)27(53)17(5-46)63-38)20(8-49)64-39(23)66-32-19(7-48)61-10-15(41)25(32)51;13-4-3-20-6(2-16)11(8(4)17)22-12-7(14)10(19)9(18)5(1-15)21-12;10-7(13)4-1-5(8(11)14)3-6(2-4)9(12)15/h1-3,14-33,37-39,45-56H,4-10,40-41H2,(H,42,57)(H,43,58)(H,44,59);4-12,15-19H,1-3,13-14H2;1-3H. The molecule has 0 aliphatic carbocycles. The second-order valence-electron chi connectivity index (χ2n) is 25.4. The molecule has 10 rings (SSSR count). The van der Waals surface area contributed by atoms with Gasteiger partial charge < -0.3 is 178 Å². The lowest BCUT2D eigenvalue weighted by atomic mass is 9.94. The largest absolute Gasteiger partial charge is 0.394 e. The van der Waals surface area contributed by atoms with Crippen molar-refractivity contribution in [3.05, 3.63) is 69.8 Å². The number of ether oxygens (including phenoxy) is 11. The molecule has 7 fully saturated rings. The summed E-state index contributed by atoms with van der Waals surface area (Å²) in [4.78, 5) is 75.3. The average Bonchev–Trinajstić information content (AvgIpc) is 1.06. The van der Waals surface area contributed by atoms with Gasteiger partial charge in [0, 0.05) is 33.4 Å². The molecule has 2 aromatic rings. The van der Waals surface area contributed by atoms with E-state index in [-0.39, 0.29) is 36.5 Å². The van der Waals surface area contributed by atoms with Gasteiger partial charge >= 0.3 is 0 Å². The zero-order chi connectivity index (χ0) is 76.6. The third-order valence-corrected chi connectivity index (χ3v) is 19.1. The lowest BCUT2D eigenvalue weighted by Crippen LogP contribution is -2.70. The van der Waals surface area contributed by atoms with Gasteiger partial charge in [0.05, 0.1) is 90.2 Å². The number of carbonyl (C=O) groups excluding carboxylic acids is 6. The van der Waals surface area contributed by atoms with E-state index >= 15 is 0 Å². The second-order valence-corrected chi connectivity index (χ2v) is 26.4. The number of aliphatic hydroxyl groups excluding tert-OH is 17. The van der Waals surface area contributed by atoms with Gasteiger partial charge in [0.1, 0.15) is 146 Å². The molecular formula is C60H86Cl3N7O34. The number of carbonyl (C=O) groups is 6. The Morgan fingerprint density at radius 3 is 1.20 bits per heavy atom. The first-order chi connectivity index (χ1) is 49.2. The fourth-order valence-corrected chi connectivity index (χ4v) is 12.7. The summed E-state index contributed by atoms with van der Waals surface area (Å²) in [6.07, 6.45) is -37.7. The summed E-state index contributed by atoms with van der Waals surface area (Å²) >= 11 is 15.6. The SMILES string of the molecule is NC1COC(CO)C(OC2OC(CO)C(O)C(O)C2N)C1O.NC1COC(CO)C(OC2OC(CO)C(O)C(O)C2NC(=O)c2cc3cc(c2)C(=O)NC2C(OC4C(CO)OCC(N)C4O)OC(CO)C(OC4OC(CO)C(O)C(O)C4NC3=O)C2O)C1O.O=C(Cl)c1cc(C(=O)Cl)cc(C(=O)Cl)c1. The lowest BCUT2D eigenvalue weighted by molar-refractivity contribution is -0.344. The van der Waals surface area contributed by atoms with Crippen LogP contribution in [0.2, 0.25) is 0 Å². The summed E-state index contributed by atoms with van der Waals surface area (Å²) in [6, 6.07) is -2.66. The van der Waals surface area contributed by atoms with E-state index in [4.69, 9.17) is 115 Å². The number of aliphatic hydroxyl groups is 17. The molecule has 586 valence electrons. The van der Waals surface area contributed by atoms with Gasteiger partial charge in [-0.25, -0.2) is 0 Å². The molecule has 0 spiro atoms. The molecule has 28 N–H and O–H groups in total. The number of rotatable bonds is 18. The fourth-order valence-electron chi connectivity index (χ4n) is 12.4. The highest BCUT2D eigenvalue weighted by Gasteiger charge is 2.56. The topological polar surface area (TPSA) is 688 Å². The molecule has 0 radical (unpaired) electrons. The number of benzene rings is 2. The van der Waals surface area contributed by atoms with E-state index in [2.05, 4.69) is 16.0 Å². The van der Waals surface area contributed by atoms with Gasteiger partial charge in [-0.2, -0.15) is 0 Å². The van der Waals surface area contributed by atoms with Crippen molar-refractivity contribution in [3.63, 3.8) is 0 Å². The molecule has 41 nitrogen and oxygen atoms in total. The number of amides is 3. The minimum Gasteiger partial charge on any atom is -0.394 e. The van der Waals surface area contributed by atoms with Crippen LogP contribution in [0, 0.1) is 0 Å². The molecule has 3 amide bonds. The Kier molecular flexibility index (Phi) is 30.8. The Hall–Kier alpha value is -4.55. The van der Waals surface area contributed by atoms with Crippen molar-refractivity contribution in [2.24, 2.45) is 22.9 Å². The maximum atomic E-state index is 14.4. The first-order valence-electron chi connectivity index (χ1n) is 32.3. The summed E-state index contributed by atoms with van der Waals surface area (Å²) in [7, 11) is 0. The number of nitrogens with two attached hydrogens (primary N) is 4. The fraction of sp³-hybridized carbons (Fsp3) is 0.700. The van der Waals surface area contributed by atoms with Crippen molar-refractivity contribution >= 4 is 68.3 Å². The Morgan fingerprint density at radius 1 is 0.413 bits per heavy atom. The Balaban J connectivity index is 0.000000299. The van der Waals surface area contributed by atoms with Crippen LogP contribution in [0.3, 0.4) is 0 Å². The Morgan fingerprint density at radius 2 is 0.779 bits per heavy atom. The highest BCUT2D eigenvalue weighted by Crippen LogP contribution is 2.35. The quantitative estimate of drug-likeness (QED) is 0.0616. The molecule has 8 aliphatic heterocycles. The molecule has 0 aromatic heterocycles. The van der Waals surface area contributed by atoms with Gasteiger partial charge in [-0.3, -0.25) is 28.8 Å². The number of nitrogens with one attached hydrogen (secondary N) is 3. The predicted molar refractivity (Wildman–Crippen MR) is 342 cm³/mol. The van der Waals surface area contributed by atoms with Crippen LogP contribution in [0.4, 0.5) is 0 Å². The van der Waals surface area contributed by atoms with Gasteiger partial charge in [-0.05, 0) is 71.2 Å². The van der Waals surface area contributed by atoms with Crippen molar-refractivity contribution in [1.82, 2.24) is 16.0 Å². The molecule has 32 unspecified atom stereocenters. The lowest BCUT2D eigenvalue weighted by Gasteiger charge is -2.49. The third-order valence-electron chi connectivity index (χ3n) is 18.4. The van der Waals surface area contributed by atoms with Crippen LogP contribution in [0.1, 0.15) is 62.1 Å². The van der Waals surface area contributed by atoms with Crippen LogP contribution < -0.4 is 38.9 Å². The zero-order valence-electron chi connectivity index (χ0n) is 54.5. The first kappa shape index (κ1) is 85.1. The van der Waals surface area contributed by atoms with E-state index in [0.29, 0.717) is 0 Å². The highest BCUT2D eigenvalue weighted by molar-refractivity contribution is 6.70. The van der Waals surface area contributed by atoms with E-state index in [0.717, 1.165) is 18.2 Å². The van der Waals surface area contributed by atoms with Crippen LogP contribution in [0.25, 0.3) is 0 Å². The van der Waals surface area contributed by atoms with Crippen LogP contribution >= 0.6 is 34.8 Å². The maximum absolute atomic E-state index is 14.4. The first-order valence-corrected chi connectivity index (χ1v) is 33.4. The number of hydrogen-bond acceptors (Lipinski definition) is 38. The third kappa shape index (κ3) is 19.3. The molecule has 0 saturated carbocycles. The van der Waals surface area contributed by atoms with Crippen molar-refractivity contribution < 1.29 is 168 Å². The van der Waals surface area contributed by atoms with Crippen LogP contribution in [0.5, 0.6) is 0 Å². The zero-order valence-corrected chi connectivity index (χ0v) is 56.8. The number of halogens is 3. The van der Waals surface area contributed by atoms with Crippen molar-refractivity contribution in [3.8, 4) is 0 Å². The predicted octanol–water partition coefficient (Wildman–Crippen LogP) is -12.7. The summed E-state index contributed by atoms with van der Waals surface area (Å²) < 4.78 is 62.6. The molecular weight excluding hydrogens is 1470 g/mol. The second kappa shape index (κ2) is 37.7. The minimum atomic E-state index is -1.97. The molecule has 104 heavy (non-hydrogen) atoms. The van der Waals surface area contributed by atoms with E-state index < -0.39 is 292 Å². The normalized spacial score (nSPS) is 41.0. The van der Waals surface area contributed by atoms with E-state index in [1.807, 2.05) is 0 Å². The van der Waals surface area contributed by atoms with E-state index in [9.17, 15) is 110 Å². The molecule has 2 aromatic carbocycles. The van der Waals surface area contributed by atoms with E-state index in [1.54, 1.807) is 0 Å². The minimum absolute atomic E-state index is 0.00725. The van der Waals surface area contributed by atoms with E-state index in [1.165, 1.54) is 18.2 Å². The summed E-state index contributed by atoms with van der Waals surface area (Å²) in [5, 5.41) is 182. The van der Waals surface area contributed by atoms with Crippen molar-refractivity contribution in [2.45, 2.75) is 196 Å². The highest BCUT2D eigenvalue weighted by atomic mass is 35.5. The Labute approximate surface area is 604 Å². The molecule has 8 aliphatic rings. The molecule has 32 atom stereocenters. The van der Waals surface area contributed by atoms with Gasteiger partial charge in [-0.1, -0.05) is 0 Å². The van der Waals surface area contributed by atoms with Crippen LogP contribution in [-0.4, -0.2) is 382 Å². The van der Waals surface area contributed by atoms with Crippen LogP contribution in [0.15, 0.2) is 36.4 Å². The number of hydrogen-bond donors (Lipinski definition) is 24. The van der Waals surface area contributed by atoms with Crippen molar-refractivity contribution in [1.29, 1.82) is 0 Å². The van der Waals surface area contributed by atoms with Gasteiger partial charge in [0.2, 0.25) is 0 Å². The summed E-state index contributed by atoms with van der Waals surface area (Å²) in [5.74, 6) is -3.43. The number of fused-ring (bicyclic) bond motifs is 5. The molecule has 8 heterocycles. The van der Waals surface area contributed by atoms with Gasteiger partial charge in [0.25, 0.3) is 33.4 Å². The summed E-state index contributed by atoms with van der Waals surface area (Å²) in [6.45, 7) is -5.29. The monoisotopic (exact) mass is 1550 g/mol. The summed E-state index contributed by atoms with van der Waals surface area (Å²) in [5.41, 5.74) is 21.9. The van der Waals surface area contributed by atoms with Crippen LogP contribution in [-0.2, 0) is 52.1 Å². The van der Waals surface area contributed by atoms with Gasteiger partial charge in [-0.15, -0.1) is 0 Å². The van der Waals surface area contributed by atoms with Crippen molar-refractivity contribution in [2.75, 3.05) is 66.1 Å².